The minimum atomic E-state index is -0.157. The van der Waals surface area contributed by atoms with Gasteiger partial charge in [0.2, 0.25) is 0 Å². The molecule has 0 bridgehead atoms. The van der Waals surface area contributed by atoms with Gasteiger partial charge >= 0.3 is 5.97 Å². The smallest absolute Gasteiger partial charge is 0.309 e. The van der Waals surface area contributed by atoms with Crippen molar-refractivity contribution in [3.63, 3.8) is 0 Å². The van der Waals surface area contributed by atoms with Gasteiger partial charge in [0.1, 0.15) is 0 Å². The first-order chi connectivity index (χ1) is 9.81. The second-order valence-electron chi connectivity index (χ2n) is 5.63. The Morgan fingerprint density at radius 1 is 0.750 bits per heavy atom. The average Bonchev–Trinajstić information content (AvgIpc) is 2.44. The Bertz CT molecular complexity index is 202. The Kier molecular flexibility index (Phi) is 16.1. The van der Waals surface area contributed by atoms with Crippen LogP contribution in [0.2, 0.25) is 0 Å². The molecule has 2 nitrogen and oxygen atoms in total. The van der Waals surface area contributed by atoms with Crippen molar-refractivity contribution >= 4 is 5.97 Å². The van der Waals surface area contributed by atoms with E-state index in [0.717, 1.165) is 12.8 Å². The Labute approximate surface area is 126 Å². The molecule has 0 saturated heterocycles. The molecule has 0 rings (SSSR count). The van der Waals surface area contributed by atoms with Gasteiger partial charge in [0.15, 0.2) is 0 Å². The first kappa shape index (κ1) is 19.5. The zero-order valence-electron chi connectivity index (χ0n) is 13.8. The summed E-state index contributed by atoms with van der Waals surface area (Å²) in [5.74, 6) is -0.157. The van der Waals surface area contributed by atoms with E-state index >= 15 is 0 Å². The lowest BCUT2D eigenvalue weighted by molar-refractivity contribution is -0.139. The molecule has 0 aromatic heterocycles. The molecular formula is C18H35O2. The quantitative estimate of drug-likeness (QED) is 0.278. The lowest BCUT2D eigenvalue weighted by atomic mass is 10.0. The maximum Gasteiger partial charge on any atom is 0.309 e. The van der Waals surface area contributed by atoms with E-state index in [1.165, 1.54) is 70.6 Å². The van der Waals surface area contributed by atoms with Crippen LogP contribution in [-0.4, -0.2) is 12.6 Å². The molecule has 0 aliphatic heterocycles. The van der Waals surface area contributed by atoms with E-state index in [9.17, 15) is 4.79 Å². The minimum absolute atomic E-state index is 0.157. The number of carbonyl (C=O) groups is 1. The first-order valence-corrected chi connectivity index (χ1v) is 8.81. The number of carbonyl (C=O) groups excluding carboxylic acids is 1. The lowest BCUT2D eigenvalue weighted by Gasteiger charge is -2.03. The Balaban J connectivity index is 3.01. The molecule has 0 amide bonds. The van der Waals surface area contributed by atoms with Crippen LogP contribution in [0.4, 0.5) is 0 Å². The fraction of sp³-hybridized carbons (Fsp3) is 0.889. The first-order valence-electron chi connectivity index (χ1n) is 8.81. The van der Waals surface area contributed by atoms with E-state index in [1.807, 2.05) is 6.92 Å². The van der Waals surface area contributed by atoms with E-state index in [0.29, 0.717) is 6.61 Å². The fourth-order valence-electron chi connectivity index (χ4n) is 2.41. The second-order valence-corrected chi connectivity index (χ2v) is 5.63. The van der Waals surface area contributed by atoms with Gasteiger partial charge in [-0.05, 0) is 13.3 Å². The number of esters is 1. The fourth-order valence-corrected chi connectivity index (χ4v) is 2.41. The monoisotopic (exact) mass is 283 g/mol. The average molecular weight is 283 g/mol. The molecule has 20 heavy (non-hydrogen) atoms. The molecule has 0 saturated carbocycles. The van der Waals surface area contributed by atoms with E-state index in [2.05, 4.69) is 6.92 Å². The van der Waals surface area contributed by atoms with Crippen LogP contribution < -0.4 is 0 Å². The van der Waals surface area contributed by atoms with Gasteiger partial charge < -0.3 is 4.74 Å². The standard InChI is InChI=1S/C18H35O2/c1-3-5-6-7-8-9-10-11-12-13-14-15-16-17-18(19)20-4-2/h17H,3-16H2,1-2H3. The molecule has 2 heteroatoms. The van der Waals surface area contributed by atoms with Gasteiger partial charge in [-0.3, -0.25) is 4.79 Å². The zero-order chi connectivity index (χ0) is 14.9. The molecule has 0 aliphatic carbocycles. The molecule has 0 unspecified atom stereocenters. The maximum atomic E-state index is 11.1. The molecule has 0 spiro atoms. The number of hydrogen-bond donors (Lipinski definition) is 0. The van der Waals surface area contributed by atoms with Gasteiger partial charge in [-0.15, -0.1) is 0 Å². The molecule has 0 N–H and O–H groups in total. The highest BCUT2D eigenvalue weighted by Gasteiger charge is 2.01. The van der Waals surface area contributed by atoms with Crippen molar-refractivity contribution in [1.29, 1.82) is 0 Å². The van der Waals surface area contributed by atoms with Crippen LogP contribution in [0.3, 0.4) is 0 Å². The van der Waals surface area contributed by atoms with Crippen molar-refractivity contribution in [2.75, 3.05) is 6.61 Å². The summed E-state index contributed by atoms with van der Waals surface area (Å²) in [6.07, 6.45) is 18.8. The van der Waals surface area contributed by atoms with Gasteiger partial charge in [-0.1, -0.05) is 84.0 Å². The third-order valence-corrected chi connectivity index (χ3v) is 3.66. The highest BCUT2D eigenvalue weighted by atomic mass is 16.5. The van der Waals surface area contributed by atoms with Crippen molar-refractivity contribution in [3.8, 4) is 0 Å². The normalized spacial score (nSPS) is 10.7. The van der Waals surface area contributed by atoms with Crippen molar-refractivity contribution in [2.24, 2.45) is 0 Å². The summed E-state index contributed by atoms with van der Waals surface area (Å²) < 4.78 is 4.85. The molecule has 0 aromatic rings. The van der Waals surface area contributed by atoms with E-state index in [-0.39, 0.29) is 5.97 Å². The van der Waals surface area contributed by atoms with Crippen LogP contribution >= 0.6 is 0 Å². The van der Waals surface area contributed by atoms with Crippen molar-refractivity contribution < 1.29 is 9.53 Å². The summed E-state index contributed by atoms with van der Waals surface area (Å²) in [5, 5.41) is 0. The Hall–Kier alpha value is -0.530. The van der Waals surface area contributed by atoms with E-state index < -0.39 is 0 Å². The molecule has 0 fully saturated rings. The van der Waals surface area contributed by atoms with Crippen LogP contribution in [-0.2, 0) is 9.53 Å². The lowest BCUT2D eigenvalue weighted by Crippen LogP contribution is -2.03. The Morgan fingerprint density at radius 3 is 1.65 bits per heavy atom. The van der Waals surface area contributed by atoms with Gasteiger partial charge in [-0.2, -0.15) is 0 Å². The van der Waals surface area contributed by atoms with Gasteiger partial charge in [0, 0.05) is 0 Å². The van der Waals surface area contributed by atoms with Gasteiger partial charge in [-0.25, -0.2) is 0 Å². The zero-order valence-corrected chi connectivity index (χ0v) is 13.8. The summed E-state index contributed by atoms with van der Waals surface area (Å²) in [6, 6.07) is 0. The summed E-state index contributed by atoms with van der Waals surface area (Å²) in [5.41, 5.74) is 0. The van der Waals surface area contributed by atoms with Gasteiger partial charge in [0.05, 0.1) is 13.0 Å². The molecule has 1 radical (unpaired) electrons. The highest BCUT2D eigenvalue weighted by molar-refractivity contribution is 5.78. The van der Waals surface area contributed by atoms with Crippen LogP contribution in [0.15, 0.2) is 0 Å². The van der Waals surface area contributed by atoms with Crippen molar-refractivity contribution in [2.45, 2.75) is 97.3 Å². The predicted molar refractivity (Wildman–Crippen MR) is 86.6 cm³/mol. The maximum absolute atomic E-state index is 11.1. The summed E-state index contributed by atoms with van der Waals surface area (Å²) in [6.45, 7) is 4.59. The third kappa shape index (κ3) is 15.5. The molecular weight excluding hydrogens is 248 g/mol. The van der Waals surface area contributed by atoms with Crippen LogP contribution in [0.1, 0.15) is 97.3 Å². The second kappa shape index (κ2) is 16.5. The number of unbranched alkanes of at least 4 members (excludes halogenated alkanes) is 12. The van der Waals surface area contributed by atoms with Crippen LogP contribution in [0.5, 0.6) is 0 Å². The molecule has 0 heterocycles. The topological polar surface area (TPSA) is 26.3 Å². The minimum Gasteiger partial charge on any atom is -0.466 e. The molecule has 0 aromatic carbocycles. The van der Waals surface area contributed by atoms with E-state index in [4.69, 9.17) is 4.74 Å². The summed E-state index contributed by atoms with van der Waals surface area (Å²) >= 11 is 0. The number of hydrogen-bond acceptors (Lipinski definition) is 2. The SMILES string of the molecule is CCCCCCCCCCCCCC[CH]C(=O)OCC. The summed E-state index contributed by atoms with van der Waals surface area (Å²) in [4.78, 5) is 11.1. The Morgan fingerprint density at radius 2 is 1.20 bits per heavy atom. The molecule has 0 atom stereocenters. The largest absolute Gasteiger partial charge is 0.466 e. The third-order valence-electron chi connectivity index (χ3n) is 3.66. The number of rotatable bonds is 15. The van der Waals surface area contributed by atoms with Crippen molar-refractivity contribution in [3.05, 3.63) is 6.42 Å². The van der Waals surface area contributed by atoms with Crippen LogP contribution in [0.25, 0.3) is 0 Å². The summed E-state index contributed by atoms with van der Waals surface area (Å²) in [7, 11) is 0. The predicted octanol–water partition coefficient (Wildman–Crippen LogP) is 5.84. The van der Waals surface area contributed by atoms with Crippen molar-refractivity contribution in [1.82, 2.24) is 0 Å². The number of ether oxygens (including phenoxy) is 1. The van der Waals surface area contributed by atoms with E-state index in [1.54, 1.807) is 6.42 Å². The van der Waals surface area contributed by atoms with Crippen LogP contribution in [0, 0.1) is 6.42 Å². The molecule has 0 aliphatic rings. The molecule has 119 valence electrons. The van der Waals surface area contributed by atoms with Gasteiger partial charge in [0.25, 0.3) is 0 Å². The highest BCUT2D eigenvalue weighted by Crippen LogP contribution is 2.12.